The summed E-state index contributed by atoms with van der Waals surface area (Å²) in [6, 6.07) is 7.32. The van der Waals surface area contributed by atoms with Crippen molar-refractivity contribution in [2.45, 2.75) is 64.5 Å². The van der Waals surface area contributed by atoms with E-state index in [0.29, 0.717) is 12.3 Å². The van der Waals surface area contributed by atoms with E-state index in [1.165, 1.54) is 11.3 Å². The topological polar surface area (TPSA) is 77.5 Å². The van der Waals surface area contributed by atoms with Crippen molar-refractivity contribution < 1.29 is 19.1 Å². The highest BCUT2D eigenvalue weighted by atomic mass is 32.1. The molecule has 1 aliphatic carbocycles. The molecule has 1 aromatic carbocycles. The summed E-state index contributed by atoms with van der Waals surface area (Å²) in [5.74, 6) is -0.681. The summed E-state index contributed by atoms with van der Waals surface area (Å²) in [7, 11) is 0. The molecule has 0 radical (unpaired) electrons. The average Bonchev–Trinajstić information content (AvgIpc) is 3.37. The van der Waals surface area contributed by atoms with Crippen LogP contribution < -0.4 is 5.32 Å². The van der Waals surface area contributed by atoms with Crippen molar-refractivity contribution >= 4 is 23.2 Å². The van der Waals surface area contributed by atoms with Gasteiger partial charge in [0.25, 0.3) is 0 Å². The standard InChI is InChI=1S/C23H30N2O4S/c1-4-28-22(27)20(23(29-5-2)11-6-7-12-23)25-19(26)14-18-15-30-21(24-18)17-10-8-9-16(3)13-17/h8-10,13,15,20H,4-7,11-12,14H2,1-3H3,(H,25,26). The van der Waals surface area contributed by atoms with Crippen LogP contribution in [0.5, 0.6) is 0 Å². The van der Waals surface area contributed by atoms with E-state index in [0.717, 1.165) is 41.8 Å². The van der Waals surface area contributed by atoms with Gasteiger partial charge in [-0.3, -0.25) is 4.79 Å². The van der Waals surface area contributed by atoms with Crippen LogP contribution in [0.3, 0.4) is 0 Å². The first kappa shape index (κ1) is 22.4. The fraction of sp³-hybridized carbons (Fsp3) is 0.522. The lowest BCUT2D eigenvalue weighted by Gasteiger charge is -2.36. The van der Waals surface area contributed by atoms with Crippen LogP contribution in [0.15, 0.2) is 29.6 Å². The molecule has 6 nitrogen and oxygen atoms in total. The van der Waals surface area contributed by atoms with E-state index >= 15 is 0 Å². The van der Waals surface area contributed by atoms with Gasteiger partial charge in [0.15, 0.2) is 6.04 Å². The third-order valence-corrected chi connectivity index (χ3v) is 6.33. The number of nitrogens with one attached hydrogen (secondary N) is 1. The van der Waals surface area contributed by atoms with Gasteiger partial charge in [0.2, 0.25) is 5.91 Å². The lowest BCUT2D eigenvalue weighted by Crippen LogP contribution is -2.58. The van der Waals surface area contributed by atoms with Gasteiger partial charge in [-0.2, -0.15) is 0 Å². The van der Waals surface area contributed by atoms with Gasteiger partial charge in [-0.1, -0.05) is 36.6 Å². The molecule has 1 atom stereocenters. The van der Waals surface area contributed by atoms with Gasteiger partial charge in [0.1, 0.15) is 5.01 Å². The zero-order chi connectivity index (χ0) is 21.6. The molecule has 1 unspecified atom stereocenters. The first-order valence-corrected chi connectivity index (χ1v) is 11.5. The van der Waals surface area contributed by atoms with Gasteiger partial charge in [-0.15, -0.1) is 11.3 Å². The van der Waals surface area contributed by atoms with E-state index < -0.39 is 17.6 Å². The van der Waals surface area contributed by atoms with E-state index in [1.54, 1.807) is 6.92 Å². The molecule has 0 saturated heterocycles. The molecule has 1 amide bonds. The van der Waals surface area contributed by atoms with Crippen LogP contribution in [-0.2, 0) is 25.5 Å². The lowest BCUT2D eigenvalue weighted by molar-refractivity contribution is -0.159. The van der Waals surface area contributed by atoms with Crippen molar-refractivity contribution in [2.75, 3.05) is 13.2 Å². The number of carbonyl (C=O) groups is 2. The first-order chi connectivity index (χ1) is 14.5. The fourth-order valence-electron chi connectivity index (χ4n) is 4.08. The van der Waals surface area contributed by atoms with Crippen LogP contribution in [0, 0.1) is 6.92 Å². The van der Waals surface area contributed by atoms with Crippen LogP contribution in [0.4, 0.5) is 0 Å². The summed E-state index contributed by atoms with van der Waals surface area (Å²) >= 11 is 1.51. The number of carbonyl (C=O) groups excluding carboxylic acids is 2. The zero-order valence-corrected chi connectivity index (χ0v) is 18.7. The predicted molar refractivity (Wildman–Crippen MR) is 117 cm³/mol. The monoisotopic (exact) mass is 430 g/mol. The summed E-state index contributed by atoms with van der Waals surface area (Å²) in [5, 5.41) is 5.67. The molecule has 1 aliphatic rings. The van der Waals surface area contributed by atoms with Crippen molar-refractivity contribution in [1.82, 2.24) is 10.3 Å². The van der Waals surface area contributed by atoms with E-state index in [9.17, 15) is 9.59 Å². The Morgan fingerprint density at radius 2 is 2.00 bits per heavy atom. The molecular weight excluding hydrogens is 400 g/mol. The number of esters is 1. The van der Waals surface area contributed by atoms with Crippen molar-refractivity contribution in [3.05, 3.63) is 40.9 Å². The Balaban J connectivity index is 1.72. The second-order valence-electron chi connectivity index (χ2n) is 7.65. The van der Waals surface area contributed by atoms with Crippen molar-refractivity contribution in [1.29, 1.82) is 0 Å². The van der Waals surface area contributed by atoms with Crippen molar-refractivity contribution in [3.63, 3.8) is 0 Å². The van der Waals surface area contributed by atoms with Gasteiger partial charge in [-0.25, -0.2) is 9.78 Å². The molecule has 1 aromatic heterocycles. The molecule has 3 rings (SSSR count). The quantitative estimate of drug-likeness (QED) is 0.607. The number of ether oxygens (including phenoxy) is 2. The number of aryl methyl sites for hydroxylation is 1. The largest absolute Gasteiger partial charge is 0.464 e. The number of hydrogen-bond donors (Lipinski definition) is 1. The van der Waals surface area contributed by atoms with E-state index in [2.05, 4.69) is 16.4 Å². The molecule has 0 spiro atoms. The molecule has 30 heavy (non-hydrogen) atoms. The van der Waals surface area contributed by atoms with E-state index in [-0.39, 0.29) is 18.9 Å². The first-order valence-electron chi connectivity index (χ1n) is 10.6. The molecule has 1 heterocycles. The third-order valence-electron chi connectivity index (χ3n) is 5.39. The molecule has 0 aliphatic heterocycles. The molecule has 162 valence electrons. The number of nitrogens with zero attached hydrogens (tertiary/aromatic N) is 1. The Hall–Kier alpha value is -2.25. The van der Waals surface area contributed by atoms with Gasteiger partial charge in [0.05, 0.1) is 24.3 Å². The van der Waals surface area contributed by atoms with Crippen molar-refractivity contribution in [2.24, 2.45) is 0 Å². The summed E-state index contributed by atoms with van der Waals surface area (Å²) in [6.07, 6.45) is 3.52. The Morgan fingerprint density at radius 3 is 2.67 bits per heavy atom. The molecule has 1 N–H and O–H groups in total. The number of thiazole rings is 1. The number of hydrogen-bond acceptors (Lipinski definition) is 6. The fourth-order valence-corrected chi connectivity index (χ4v) is 4.90. The SMILES string of the molecule is CCOC(=O)C(NC(=O)Cc1csc(-c2cccc(C)c2)n1)C1(OCC)CCCC1. The molecular formula is C23H30N2O4S. The maximum Gasteiger partial charge on any atom is 0.331 e. The molecule has 0 bridgehead atoms. The van der Waals surface area contributed by atoms with Gasteiger partial charge < -0.3 is 14.8 Å². The van der Waals surface area contributed by atoms with E-state index in [1.807, 2.05) is 37.4 Å². The second-order valence-corrected chi connectivity index (χ2v) is 8.51. The molecule has 1 saturated carbocycles. The minimum atomic E-state index is -0.803. The number of benzene rings is 1. The third kappa shape index (κ3) is 5.26. The smallest absolute Gasteiger partial charge is 0.331 e. The highest BCUT2D eigenvalue weighted by Gasteiger charge is 2.47. The zero-order valence-electron chi connectivity index (χ0n) is 17.9. The van der Waals surface area contributed by atoms with Crippen LogP contribution in [-0.4, -0.2) is 41.7 Å². The van der Waals surface area contributed by atoms with Gasteiger partial charge in [0, 0.05) is 17.6 Å². The van der Waals surface area contributed by atoms with Crippen LogP contribution in [0.25, 0.3) is 10.6 Å². The van der Waals surface area contributed by atoms with Gasteiger partial charge in [-0.05, 0) is 39.7 Å². The summed E-state index contributed by atoms with van der Waals surface area (Å²) < 4.78 is 11.3. The Morgan fingerprint density at radius 1 is 1.23 bits per heavy atom. The molecule has 1 fully saturated rings. The Bertz CT molecular complexity index is 874. The summed E-state index contributed by atoms with van der Waals surface area (Å²) in [6.45, 7) is 6.46. The number of amides is 1. The summed E-state index contributed by atoms with van der Waals surface area (Å²) in [4.78, 5) is 30.1. The van der Waals surface area contributed by atoms with Crippen molar-refractivity contribution in [3.8, 4) is 10.6 Å². The minimum absolute atomic E-state index is 0.112. The number of aromatic nitrogens is 1. The molecule has 2 aromatic rings. The van der Waals surface area contributed by atoms with E-state index in [4.69, 9.17) is 9.47 Å². The normalized spacial score (nSPS) is 16.2. The van der Waals surface area contributed by atoms with Crippen LogP contribution in [0.1, 0.15) is 50.8 Å². The minimum Gasteiger partial charge on any atom is -0.464 e. The Kier molecular flexibility index (Phi) is 7.61. The van der Waals surface area contributed by atoms with Crippen LogP contribution in [0.2, 0.25) is 0 Å². The average molecular weight is 431 g/mol. The maximum atomic E-state index is 12.8. The maximum absolute atomic E-state index is 12.8. The van der Waals surface area contributed by atoms with Crippen LogP contribution >= 0.6 is 11.3 Å². The van der Waals surface area contributed by atoms with Gasteiger partial charge >= 0.3 is 5.97 Å². The highest BCUT2D eigenvalue weighted by molar-refractivity contribution is 7.13. The molecule has 7 heteroatoms. The predicted octanol–water partition coefficient (Wildman–Crippen LogP) is 4.06. The number of rotatable bonds is 9. The lowest BCUT2D eigenvalue weighted by atomic mass is 9.91. The second kappa shape index (κ2) is 10.2. The summed E-state index contributed by atoms with van der Waals surface area (Å²) in [5.41, 5.74) is 2.20. The highest BCUT2D eigenvalue weighted by Crippen LogP contribution is 2.37. The Labute approximate surface area is 182 Å².